The minimum absolute atomic E-state index is 0.0148. The quantitative estimate of drug-likeness (QED) is 0.461. The van der Waals surface area contributed by atoms with Gasteiger partial charge in [-0.3, -0.25) is 5.32 Å². The summed E-state index contributed by atoms with van der Waals surface area (Å²) in [5.74, 6) is -1.12. The Morgan fingerprint density at radius 3 is 2.78 bits per heavy atom. The predicted octanol–water partition coefficient (Wildman–Crippen LogP) is 4.77. The lowest BCUT2D eigenvalue weighted by Gasteiger charge is -2.14. The van der Waals surface area contributed by atoms with Gasteiger partial charge in [-0.1, -0.05) is 6.07 Å². The van der Waals surface area contributed by atoms with Crippen molar-refractivity contribution in [3.63, 3.8) is 0 Å². The van der Waals surface area contributed by atoms with E-state index in [4.69, 9.17) is 4.74 Å². The van der Waals surface area contributed by atoms with Crippen molar-refractivity contribution in [2.24, 2.45) is 0 Å². The summed E-state index contributed by atoms with van der Waals surface area (Å²) >= 11 is 1.08. The van der Waals surface area contributed by atoms with Crippen LogP contribution >= 0.6 is 11.5 Å². The maximum atomic E-state index is 13.8. The number of ether oxygens (including phenoxy) is 2. The van der Waals surface area contributed by atoms with Gasteiger partial charge in [-0.2, -0.15) is 13.2 Å². The number of carbonyl (C=O) groups is 1. The van der Waals surface area contributed by atoms with Gasteiger partial charge in [-0.25, -0.2) is 9.18 Å². The van der Waals surface area contributed by atoms with Gasteiger partial charge in [0.2, 0.25) is 5.88 Å². The Balaban J connectivity index is 1.40. The summed E-state index contributed by atoms with van der Waals surface area (Å²) in [6, 6.07) is 3.31. The van der Waals surface area contributed by atoms with Gasteiger partial charge in [0, 0.05) is 12.1 Å². The highest BCUT2D eigenvalue weighted by atomic mass is 32.1. The van der Waals surface area contributed by atoms with Crippen molar-refractivity contribution in [2.75, 3.05) is 31.5 Å². The van der Waals surface area contributed by atoms with Crippen LogP contribution in [0.5, 0.6) is 11.6 Å². The SMILES string of the molecule is Cc1c(OCc2ccc(OC(F)F)c(F)c2)nsc1NC(=O)NCCCCN1CCCC1. The van der Waals surface area contributed by atoms with Crippen LogP contribution in [-0.4, -0.2) is 48.1 Å². The molecule has 2 aromatic rings. The molecule has 2 N–H and O–H groups in total. The van der Waals surface area contributed by atoms with E-state index >= 15 is 0 Å². The molecule has 0 radical (unpaired) electrons. The zero-order valence-corrected chi connectivity index (χ0v) is 18.7. The normalized spacial score (nSPS) is 14.0. The molecule has 32 heavy (non-hydrogen) atoms. The van der Waals surface area contributed by atoms with E-state index in [9.17, 15) is 18.0 Å². The van der Waals surface area contributed by atoms with E-state index < -0.39 is 18.2 Å². The predicted molar refractivity (Wildman–Crippen MR) is 116 cm³/mol. The van der Waals surface area contributed by atoms with Crippen molar-refractivity contribution in [3.05, 3.63) is 35.1 Å². The van der Waals surface area contributed by atoms with E-state index in [-0.39, 0.29) is 12.6 Å². The number of halogens is 3. The molecule has 11 heteroatoms. The standard InChI is InChI=1S/C21H27F3N4O3S/c1-14-18(30-13-15-6-7-17(16(22)12-15)31-20(23)24)27-32-19(14)26-21(29)25-8-2-3-9-28-10-4-5-11-28/h6-7,12,20H,2-5,8-11,13H2,1H3,(H2,25,26,29). The molecule has 1 fully saturated rings. The number of aromatic nitrogens is 1. The second-order valence-electron chi connectivity index (χ2n) is 7.51. The van der Waals surface area contributed by atoms with E-state index in [0.29, 0.717) is 28.6 Å². The Bertz CT molecular complexity index is 891. The molecule has 1 aliphatic heterocycles. The van der Waals surface area contributed by atoms with Crippen LogP contribution in [0.1, 0.15) is 36.8 Å². The van der Waals surface area contributed by atoms with Gasteiger partial charge in [-0.15, -0.1) is 0 Å². The number of unbranched alkanes of at least 4 members (excludes halogenated alkanes) is 1. The summed E-state index contributed by atoms with van der Waals surface area (Å²) in [4.78, 5) is 14.6. The second-order valence-corrected chi connectivity index (χ2v) is 8.28. The van der Waals surface area contributed by atoms with Gasteiger partial charge < -0.3 is 19.7 Å². The number of nitrogens with one attached hydrogen (secondary N) is 2. The number of likely N-dealkylation sites (tertiary alicyclic amines) is 1. The van der Waals surface area contributed by atoms with Crippen molar-refractivity contribution >= 4 is 22.6 Å². The van der Waals surface area contributed by atoms with Crippen LogP contribution < -0.4 is 20.1 Å². The van der Waals surface area contributed by atoms with Crippen LogP contribution in [0.15, 0.2) is 18.2 Å². The van der Waals surface area contributed by atoms with Crippen molar-refractivity contribution in [3.8, 4) is 11.6 Å². The van der Waals surface area contributed by atoms with Crippen LogP contribution in [0.4, 0.5) is 23.0 Å². The Labute approximate surface area is 189 Å². The van der Waals surface area contributed by atoms with Crippen molar-refractivity contribution < 1.29 is 27.4 Å². The summed E-state index contributed by atoms with van der Waals surface area (Å²) < 4.78 is 52.1. The zero-order valence-electron chi connectivity index (χ0n) is 17.8. The van der Waals surface area contributed by atoms with Crippen LogP contribution in [-0.2, 0) is 6.61 Å². The first-order valence-corrected chi connectivity index (χ1v) is 11.3. The number of anilines is 1. The molecule has 0 bridgehead atoms. The second kappa shape index (κ2) is 11.9. The molecule has 2 amide bonds. The summed E-state index contributed by atoms with van der Waals surface area (Å²) in [5.41, 5.74) is 1.08. The number of nitrogens with zero attached hydrogens (tertiary/aromatic N) is 2. The van der Waals surface area contributed by atoms with E-state index in [1.165, 1.54) is 32.0 Å². The average molecular weight is 473 g/mol. The molecule has 1 saturated heterocycles. The Morgan fingerprint density at radius 1 is 1.28 bits per heavy atom. The average Bonchev–Trinajstić information content (AvgIpc) is 3.38. The van der Waals surface area contributed by atoms with E-state index in [2.05, 4.69) is 24.6 Å². The maximum Gasteiger partial charge on any atom is 0.387 e. The van der Waals surface area contributed by atoms with Gasteiger partial charge in [0.05, 0.1) is 0 Å². The zero-order chi connectivity index (χ0) is 22.9. The number of hydrogen-bond acceptors (Lipinski definition) is 6. The highest BCUT2D eigenvalue weighted by Gasteiger charge is 2.15. The number of carbonyl (C=O) groups excluding carboxylic acids is 1. The summed E-state index contributed by atoms with van der Waals surface area (Å²) in [6.45, 7) is 2.67. The van der Waals surface area contributed by atoms with E-state index in [1.54, 1.807) is 6.92 Å². The molecule has 1 aliphatic rings. The van der Waals surface area contributed by atoms with Crippen LogP contribution in [0.2, 0.25) is 0 Å². The number of hydrogen-bond donors (Lipinski definition) is 2. The molecule has 0 saturated carbocycles. The van der Waals surface area contributed by atoms with E-state index in [1.807, 2.05) is 0 Å². The fourth-order valence-corrected chi connectivity index (χ4v) is 4.09. The highest BCUT2D eigenvalue weighted by molar-refractivity contribution is 7.10. The van der Waals surface area contributed by atoms with Crippen molar-refractivity contribution in [1.82, 2.24) is 14.6 Å². The molecule has 0 aliphatic carbocycles. The number of rotatable bonds is 11. The molecule has 3 rings (SSSR count). The molecule has 0 atom stereocenters. The van der Waals surface area contributed by atoms with Gasteiger partial charge in [0.1, 0.15) is 11.6 Å². The smallest absolute Gasteiger partial charge is 0.387 e. The highest BCUT2D eigenvalue weighted by Crippen LogP contribution is 2.30. The third-order valence-electron chi connectivity index (χ3n) is 5.08. The van der Waals surface area contributed by atoms with Crippen LogP contribution in [0.25, 0.3) is 0 Å². The van der Waals surface area contributed by atoms with Gasteiger partial charge in [-0.05, 0) is 81.5 Å². The van der Waals surface area contributed by atoms with Crippen molar-refractivity contribution in [2.45, 2.75) is 45.8 Å². The lowest BCUT2D eigenvalue weighted by atomic mass is 10.2. The minimum atomic E-state index is -3.10. The monoisotopic (exact) mass is 472 g/mol. The molecule has 0 unspecified atom stereocenters. The molecule has 1 aromatic carbocycles. The third-order valence-corrected chi connectivity index (χ3v) is 5.93. The maximum absolute atomic E-state index is 13.8. The number of amides is 2. The first-order valence-electron chi connectivity index (χ1n) is 10.5. The van der Waals surface area contributed by atoms with Crippen LogP contribution in [0, 0.1) is 12.7 Å². The molecule has 176 valence electrons. The largest absolute Gasteiger partial charge is 0.472 e. The number of benzene rings is 1. The van der Waals surface area contributed by atoms with Gasteiger partial charge in [0.25, 0.3) is 0 Å². The first-order chi connectivity index (χ1) is 15.4. The topological polar surface area (TPSA) is 75.7 Å². The molecular weight excluding hydrogens is 445 g/mol. The molecular formula is C21H27F3N4O3S. The third kappa shape index (κ3) is 7.27. The van der Waals surface area contributed by atoms with Gasteiger partial charge >= 0.3 is 12.6 Å². The van der Waals surface area contributed by atoms with Crippen LogP contribution in [0.3, 0.4) is 0 Å². The lowest BCUT2D eigenvalue weighted by molar-refractivity contribution is -0.0522. The molecule has 0 spiro atoms. The Morgan fingerprint density at radius 2 is 2.06 bits per heavy atom. The first kappa shape index (κ1) is 24.1. The number of alkyl halides is 2. The minimum Gasteiger partial charge on any atom is -0.472 e. The summed E-state index contributed by atoms with van der Waals surface area (Å²) in [7, 11) is 0. The fourth-order valence-electron chi connectivity index (χ4n) is 3.37. The molecule has 1 aromatic heterocycles. The van der Waals surface area contributed by atoms with Crippen molar-refractivity contribution in [1.29, 1.82) is 0 Å². The molecule has 2 heterocycles. The fraction of sp³-hybridized carbons (Fsp3) is 0.524. The Kier molecular flexibility index (Phi) is 8.98. The molecule has 7 nitrogen and oxygen atoms in total. The summed E-state index contributed by atoms with van der Waals surface area (Å²) in [5, 5.41) is 6.16. The Hall–Kier alpha value is -2.53. The number of urea groups is 1. The van der Waals surface area contributed by atoms with Gasteiger partial charge in [0.15, 0.2) is 11.6 Å². The summed E-state index contributed by atoms with van der Waals surface area (Å²) in [6.07, 6.45) is 4.52. The van der Waals surface area contributed by atoms with E-state index in [0.717, 1.165) is 43.1 Å². The lowest BCUT2D eigenvalue weighted by Crippen LogP contribution is -2.30.